The number of pyridine rings is 1. The molecule has 0 aromatic carbocycles. The van der Waals surface area contributed by atoms with Gasteiger partial charge in [0.05, 0.1) is 5.69 Å². The van der Waals surface area contributed by atoms with Gasteiger partial charge in [-0.05, 0) is 20.0 Å². The molecule has 15 heavy (non-hydrogen) atoms. The van der Waals surface area contributed by atoms with Gasteiger partial charge in [0.1, 0.15) is 0 Å². The number of H-pyrrole nitrogens is 1. The molecule has 0 spiro atoms. The van der Waals surface area contributed by atoms with Crippen LogP contribution in [0.5, 0.6) is 0 Å². The Morgan fingerprint density at radius 3 is 3.00 bits per heavy atom. The van der Waals surface area contributed by atoms with Crippen molar-refractivity contribution < 1.29 is 0 Å². The average molecular weight is 202 g/mol. The number of aromatic amines is 1. The molecule has 0 saturated heterocycles. The topological polar surface area (TPSA) is 53.6 Å². The molecule has 0 aliphatic heterocycles. The van der Waals surface area contributed by atoms with Crippen molar-refractivity contribution in [2.45, 2.75) is 13.5 Å². The van der Waals surface area contributed by atoms with E-state index in [9.17, 15) is 0 Å². The molecule has 2 aromatic rings. The number of nitrogens with zero attached hydrogens (tertiary/aromatic N) is 2. The number of nitrogens with one attached hydrogen (secondary N) is 2. The van der Waals surface area contributed by atoms with Crippen LogP contribution < -0.4 is 5.32 Å². The summed E-state index contributed by atoms with van der Waals surface area (Å²) in [6.07, 6.45) is 3.63. The first-order valence-corrected chi connectivity index (χ1v) is 4.91. The van der Waals surface area contributed by atoms with Gasteiger partial charge in [-0.3, -0.25) is 10.1 Å². The van der Waals surface area contributed by atoms with E-state index < -0.39 is 0 Å². The molecule has 4 heteroatoms. The summed E-state index contributed by atoms with van der Waals surface area (Å²) in [6.45, 7) is 2.78. The Labute approximate surface area is 88.8 Å². The maximum absolute atomic E-state index is 4.27. The minimum absolute atomic E-state index is 0.758. The quantitative estimate of drug-likeness (QED) is 0.793. The number of rotatable bonds is 3. The van der Waals surface area contributed by atoms with Gasteiger partial charge in [-0.2, -0.15) is 5.10 Å². The minimum Gasteiger partial charge on any atom is -0.314 e. The molecule has 2 rings (SSSR count). The summed E-state index contributed by atoms with van der Waals surface area (Å²) in [5.41, 5.74) is 4.36. The maximum atomic E-state index is 4.27. The van der Waals surface area contributed by atoms with E-state index in [0.29, 0.717) is 0 Å². The van der Waals surface area contributed by atoms with Crippen molar-refractivity contribution in [3.63, 3.8) is 0 Å². The third-order valence-corrected chi connectivity index (χ3v) is 2.32. The number of hydrogen-bond donors (Lipinski definition) is 2. The molecule has 78 valence electrons. The Morgan fingerprint density at radius 2 is 2.33 bits per heavy atom. The molecule has 0 amide bonds. The molecular formula is C11H14N4. The van der Waals surface area contributed by atoms with Gasteiger partial charge in [-0.1, -0.05) is 6.07 Å². The van der Waals surface area contributed by atoms with Crippen molar-refractivity contribution in [3.8, 4) is 11.1 Å². The van der Waals surface area contributed by atoms with Crippen molar-refractivity contribution in [1.82, 2.24) is 20.5 Å². The van der Waals surface area contributed by atoms with E-state index in [4.69, 9.17) is 0 Å². The molecule has 0 bridgehead atoms. The van der Waals surface area contributed by atoms with E-state index in [-0.39, 0.29) is 0 Å². The van der Waals surface area contributed by atoms with Crippen molar-refractivity contribution >= 4 is 0 Å². The van der Waals surface area contributed by atoms with Gasteiger partial charge in [-0.25, -0.2) is 0 Å². The van der Waals surface area contributed by atoms with Crippen LogP contribution in [-0.4, -0.2) is 22.2 Å². The van der Waals surface area contributed by atoms with Gasteiger partial charge in [0, 0.05) is 35.8 Å². The Morgan fingerprint density at radius 1 is 1.47 bits per heavy atom. The first-order valence-electron chi connectivity index (χ1n) is 4.91. The third-order valence-electron chi connectivity index (χ3n) is 2.32. The van der Waals surface area contributed by atoms with Crippen molar-refractivity contribution in [2.24, 2.45) is 0 Å². The lowest BCUT2D eigenvalue weighted by Gasteiger charge is -2.02. The van der Waals surface area contributed by atoms with E-state index in [2.05, 4.69) is 20.5 Å². The third kappa shape index (κ3) is 1.89. The summed E-state index contributed by atoms with van der Waals surface area (Å²) in [4.78, 5) is 4.12. The normalized spacial score (nSPS) is 10.5. The smallest absolute Gasteiger partial charge is 0.0841 e. The van der Waals surface area contributed by atoms with Crippen LogP contribution in [0.4, 0.5) is 0 Å². The Kier molecular flexibility index (Phi) is 2.78. The second-order valence-corrected chi connectivity index (χ2v) is 3.44. The lowest BCUT2D eigenvalue weighted by atomic mass is 10.1. The maximum Gasteiger partial charge on any atom is 0.0841 e. The molecule has 2 N–H and O–H groups in total. The standard InChI is InChI=1S/C11H14N4/c1-8-11(9-4-3-5-13-6-9)10(7-12-2)15-14-8/h3-6,12H,7H2,1-2H3,(H,14,15). The minimum atomic E-state index is 0.758. The second-order valence-electron chi connectivity index (χ2n) is 3.44. The van der Waals surface area contributed by atoms with Crippen LogP contribution in [-0.2, 0) is 6.54 Å². The summed E-state index contributed by atoms with van der Waals surface area (Å²) in [7, 11) is 1.91. The van der Waals surface area contributed by atoms with Crippen molar-refractivity contribution in [2.75, 3.05) is 7.05 Å². The van der Waals surface area contributed by atoms with Crippen LogP contribution in [0, 0.1) is 6.92 Å². The largest absolute Gasteiger partial charge is 0.314 e. The summed E-state index contributed by atoms with van der Waals surface area (Å²) < 4.78 is 0. The number of aromatic nitrogens is 3. The average Bonchev–Trinajstić information content (AvgIpc) is 2.62. The zero-order valence-corrected chi connectivity index (χ0v) is 8.91. The van der Waals surface area contributed by atoms with Gasteiger partial charge in [-0.15, -0.1) is 0 Å². The zero-order valence-electron chi connectivity index (χ0n) is 8.91. The Balaban J connectivity index is 2.47. The van der Waals surface area contributed by atoms with E-state index in [1.54, 1.807) is 6.20 Å². The van der Waals surface area contributed by atoms with Gasteiger partial charge in [0.2, 0.25) is 0 Å². The molecule has 0 unspecified atom stereocenters. The monoisotopic (exact) mass is 202 g/mol. The van der Waals surface area contributed by atoms with Crippen LogP contribution in [0.2, 0.25) is 0 Å². The zero-order chi connectivity index (χ0) is 10.7. The first kappa shape index (κ1) is 9.86. The predicted octanol–water partition coefficient (Wildman–Crippen LogP) is 1.50. The summed E-state index contributed by atoms with van der Waals surface area (Å²) in [5.74, 6) is 0. The second kappa shape index (κ2) is 4.23. The van der Waals surface area contributed by atoms with Crippen molar-refractivity contribution in [1.29, 1.82) is 0 Å². The highest BCUT2D eigenvalue weighted by molar-refractivity contribution is 5.67. The summed E-state index contributed by atoms with van der Waals surface area (Å²) >= 11 is 0. The van der Waals surface area contributed by atoms with Gasteiger partial charge in [0.15, 0.2) is 0 Å². The highest BCUT2D eigenvalue weighted by atomic mass is 15.1. The van der Waals surface area contributed by atoms with Gasteiger partial charge in [0.25, 0.3) is 0 Å². The number of hydrogen-bond acceptors (Lipinski definition) is 3. The molecular weight excluding hydrogens is 188 g/mol. The summed E-state index contributed by atoms with van der Waals surface area (Å²) in [6, 6.07) is 3.98. The van der Waals surface area contributed by atoms with Gasteiger partial charge >= 0.3 is 0 Å². The van der Waals surface area contributed by atoms with Crippen LogP contribution in [0.3, 0.4) is 0 Å². The molecule has 0 atom stereocenters. The van der Waals surface area contributed by atoms with E-state index in [1.165, 1.54) is 0 Å². The van der Waals surface area contributed by atoms with Crippen LogP contribution >= 0.6 is 0 Å². The van der Waals surface area contributed by atoms with E-state index in [1.807, 2.05) is 32.3 Å². The Hall–Kier alpha value is -1.68. The van der Waals surface area contributed by atoms with Crippen LogP contribution in [0.1, 0.15) is 11.4 Å². The van der Waals surface area contributed by atoms with Crippen LogP contribution in [0.15, 0.2) is 24.5 Å². The van der Waals surface area contributed by atoms with Gasteiger partial charge < -0.3 is 5.32 Å². The lowest BCUT2D eigenvalue weighted by Crippen LogP contribution is -2.06. The van der Waals surface area contributed by atoms with Crippen molar-refractivity contribution in [3.05, 3.63) is 35.9 Å². The highest BCUT2D eigenvalue weighted by Gasteiger charge is 2.11. The fraction of sp³-hybridized carbons (Fsp3) is 0.273. The fourth-order valence-corrected chi connectivity index (χ4v) is 1.67. The highest BCUT2D eigenvalue weighted by Crippen LogP contribution is 2.24. The lowest BCUT2D eigenvalue weighted by molar-refractivity contribution is 0.785. The summed E-state index contributed by atoms with van der Waals surface area (Å²) in [5, 5.41) is 10.4. The van der Waals surface area contributed by atoms with Crippen LogP contribution in [0.25, 0.3) is 11.1 Å². The molecule has 0 aliphatic rings. The first-order chi connectivity index (χ1) is 7.33. The predicted molar refractivity (Wildman–Crippen MR) is 59.3 cm³/mol. The van der Waals surface area contributed by atoms with E-state index in [0.717, 1.165) is 29.1 Å². The molecule has 0 aliphatic carbocycles. The molecule has 2 heterocycles. The molecule has 0 radical (unpaired) electrons. The molecule has 2 aromatic heterocycles. The SMILES string of the molecule is CNCc1n[nH]c(C)c1-c1cccnc1. The van der Waals surface area contributed by atoms with E-state index >= 15 is 0 Å². The Bertz CT molecular complexity index is 433. The fourth-order valence-electron chi connectivity index (χ4n) is 1.67. The molecule has 0 saturated carbocycles. The molecule has 0 fully saturated rings. The number of aryl methyl sites for hydroxylation is 1. The molecule has 4 nitrogen and oxygen atoms in total.